The molecule has 0 unspecified atom stereocenters. The number of benzene rings is 1. The molecule has 0 saturated carbocycles. The monoisotopic (exact) mass is 398 g/mol. The van der Waals surface area contributed by atoms with Crippen LogP contribution in [0.1, 0.15) is 12.8 Å². The number of anilines is 2. The fourth-order valence-corrected chi connectivity index (χ4v) is 3.72. The van der Waals surface area contributed by atoms with Gasteiger partial charge in [0.25, 0.3) is 0 Å². The second-order valence-electron chi connectivity index (χ2n) is 5.85. The summed E-state index contributed by atoms with van der Waals surface area (Å²) in [6.07, 6.45) is 4.97. The molecule has 1 aliphatic rings. The van der Waals surface area contributed by atoms with Crippen LogP contribution >= 0.6 is 34.8 Å². The number of piperidine rings is 1. The molecule has 1 aromatic carbocycles. The van der Waals surface area contributed by atoms with Gasteiger partial charge in [-0.25, -0.2) is 4.79 Å². The number of amides is 2. The minimum Gasteiger partial charge on any atom is -0.367 e. The van der Waals surface area contributed by atoms with Crippen molar-refractivity contribution in [3.05, 3.63) is 51.7 Å². The number of nitrogens with one attached hydrogen (secondary N) is 2. The van der Waals surface area contributed by atoms with Gasteiger partial charge in [-0.3, -0.25) is 4.98 Å². The molecule has 1 saturated heterocycles. The third-order valence-electron chi connectivity index (χ3n) is 3.98. The first-order valence-electron chi connectivity index (χ1n) is 7.90. The van der Waals surface area contributed by atoms with Crippen molar-refractivity contribution in [3.8, 4) is 0 Å². The van der Waals surface area contributed by atoms with Gasteiger partial charge in [0.1, 0.15) is 0 Å². The summed E-state index contributed by atoms with van der Waals surface area (Å²) < 4.78 is 0. The molecule has 2 N–H and O–H groups in total. The highest BCUT2D eigenvalue weighted by atomic mass is 35.5. The molecule has 25 heavy (non-hydrogen) atoms. The van der Waals surface area contributed by atoms with Crippen molar-refractivity contribution in [1.29, 1.82) is 0 Å². The maximum Gasteiger partial charge on any atom is 0.319 e. The largest absolute Gasteiger partial charge is 0.367 e. The third kappa shape index (κ3) is 4.69. The lowest BCUT2D eigenvalue weighted by Gasteiger charge is -2.35. The number of pyridine rings is 1. The number of hydrogen-bond acceptors (Lipinski definition) is 3. The number of hydrogen-bond donors (Lipinski definition) is 2. The Bertz CT molecular complexity index is 751. The van der Waals surface area contributed by atoms with Gasteiger partial charge >= 0.3 is 6.03 Å². The lowest BCUT2D eigenvalue weighted by molar-refractivity contribution is 0.246. The van der Waals surface area contributed by atoms with E-state index in [9.17, 15) is 4.79 Å². The molecular weight excluding hydrogens is 383 g/mol. The summed E-state index contributed by atoms with van der Waals surface area (Å²) in [5.74, 6) is 0. The van der Waals surface area contributed by atoms with E-state index in [1.165, 1.54) is 0 Å². The quantitative estimate of drug-likeness (QED) is 0.777. The molecule has 1 aromatic heterocycles. The van der Waals surface area contributed by atoms with Crippen LogP contribution in [0.15, 0.2) is 36.7 Å². The van der Waals surface area contributed by atoms with Gasteiger partial charge in [0.15, 0.2) is 0 Å². The Morgan fingerprint density at radius 3 is 2.68 bits per heavy atom. The number of carbonyl (C=O) groups is 1. The van der Waals surface area contributed by atoms with E-state index >= 15 is 0 Å². The zero-order valence-electron chi connectivity index (χ0n) is 13.3. The number of carbonyl (C=O) groups excluding carboxylic acids is 1. The smallest absolute Gasteiger partial charge is 0.319 e. The average molecular weight is 400 g/mol. The van der Waals surface area contributed by atoms with Gasteiger partial charge < -0.3 is 15.5 Å². The first kappa shape index (κ1) is 18.1. The summed E-state index contributed by atoms with van der Waals surface area (Å²) >= 11 is 18.4. The number of aromatic nitrogens is 1. The summed E-state index contributed by atoms with van der Waals surface area (Å²) in [7, 11) is 0. The normalized spacial score (nSPS) is 17.2. The molecule has 2 heterocycles. The topological polar surface area (TPSA) is 57.3 Å². The molecule has 5 nitrogen and oxygen atoms in total. The molecule has 2 amide bonds. The van der Waals surface area contributed by atoms with Crippen LogP contribution in [-0.4, -0.2) is 30.1 Å². The molecule has 8 heteroatoms. The second-order valence-corrected chi connectivity index (χ2v) is 7.10. The fourth-order valence-electron chi connectivity index (χ4n) is 2.92. The molecule has 2 aromatic rings. The van der Waals surface area contributed by atoms with Crippen LogP contribution in [0.4, 0.5) is 16.2 Å². The fraction of sp³-hybridized carbons (Fsp3) is 0.294. The van der Waals surface area contributed by atoms with Gasteiger partial charge in [-0.2, -0.15) is 0 Å². The van der Waals surface area contributed by atoms with Gasteiger partial charge in [-0.15, -0.1) is 0 Å². The first-order valence-corrected chi connectivity index (χ1v) is 9.03. The van der Waals surface area contributed by atoms with Gasteiger partial charge in [0.2, 0.25) is 0 Å². The molecule has 3 rings (SSSR count). The minimum absolute atomic E-state index is 0.00627. The van der Waals surface area contributed by atoms with Crippen LogP contribution in [0.25, 0.3) is 0 Å². The van der Waals surface area contributed by atoms with Crippen molar-refractivity contribution in [2.45, 2.75) is 18.9 Å². The average Bonchev–Trinajstić information content (AvgIpc) is 2.55. The van der Waals surface area contributed by atoms with Crippen LogP contribution in [0.2, 0.25) is 15.1 Å². The zero-order valence-corrected chi connectivity index (χ0v) is 15.6. The summed E-state index contributed by atoms with van der Waals surface area (Å²) in [5.41, 5.74) is 1.41. The molecule has 1 atom stereocenters. The van der Waals surface area contributed by atoms with Crippen LogP contribution in [0, 0.1) is 0 Å². The molecule has 1 fully saturated rings. The van der Waals surface area contributed by atoms with E-state index in [1.54, 1.807) is 36.7 Å². The predicted octanol–water partition coefficient (Wildman–Crippen LogP) is 4.83. The molecule has 0 radical (unpaired) electrons. The van der Waals surface area contributed by atoms with Crippen molar-refractivity contribution in [1.82, 2.24) is 10.3 Å². The van der Waals surface area contributed by atoms with Crippen LogP contribution in [0.3, 0.4) is 0 Å². The SMILES string of the molecule is O=C(Nc1cccc(Cl)c1)N[C@@H]1CCCN(c2c(Cl)cncc2Cl)C1. The summed E-state index contributed by atoms with van der Waals surface area (Å²) in [6.45, 7) is 1.46. The van der Waals surface area contributed by atoms with Crippen molar-refractivity contribution in [2.75, 3.05) is 23.3 Å². The molecular formula is C17H17Cl3N4O. The van der Waals surface area contributed by atoms with Gasteiger partial charge in [0, 0.05) is 42.2 Å². The maximum atomic E-state index is 12.2. The van der Waals surface area contributed by atoms with E-state index in [0.717, 1.165) is 25.1 Å². The summed E-state index contributed by atoms with van der Waals surface area (Å²) in [5, 5.41) is 7.38. The zero-order chi connectivity index (χ0) is 17.8. The Morgan fingerprint density at radius 2 is 1.96 bits per heavy atom. The maximum absolute atomic E-state index is 12.2. The van der Waals surface area contributed by atoms with Crippen molar-refractivity contribution < 1.29 is 4.79 Å². The highest BCUT2D eigenvalue weighted by Crippen LogP contribution is 2.34. The van der Waals surface area contributed by atoms with Gasteiger partial charge in [-0.1, -0.05) is 40.9 Å². The number of halogens is 3. The van der Waals surface area contributed by atoms with Gasteiger partial charge in [0.05, 0.1) is 15.7 Å². The number of nitrogens with zero attached hydrogens (tertiary/aromatic N) is 2. The minimum atomic E-state index is -0.263. The Hall–Kier alpha value is -1.69. The molecule has 0 aliphatic carbocycles. The highest BCUT2D eigenvalue weighted by molar-refractivity contribution is 6.38. The highest BCUT2D eigenvalue weighted by Gasteiger charge is 2.24. The molecule has 0 spiro atoms. The van der Waals surface area contributed by atoms with Crippen LogP contribution in [0.5, 0.6) is 0 Å². The number of urea groups is 1. The van der Waals surface area contributed by atoms with E-state index in [2.05, 4.69) is 20.5 Å². The van der Waals surface area contributed by atoms with Crippen molar-refractivity contribution in [2.24, 2.45) is 0 Å². The van der Waals surface area contributed by atoms with Crippen molar-refractivity contribution in [3.63, 3.8) is 0 Å². The van der Waals surface area contributed by atoms with E-state index in [4.69, 9.17) is 34.8 Å². The second kappa shape index (κ2) is 8.13. The van der Waals surface area contributed by atoms with E-state index < -0.39 is 0 Å². The summed E-state index contributed by atoms with van der Waals surface area (Å²) in [4.78, 5) is 18.3. The molecule has 132 valence electrons. The Kier molecular flexibility index (Phi) is 5.89. The summed E-state index contributed by atoms with van der Waals surface area (Å²) in [6, 6.07) is 6.76. The Morgan fingerprint density at radius 1 is 1.20 bits per heavy atom. The van der Waals surface area contributed by atoms with Crippen LogP contribution < -0.4 is 15.5 Å². The lowest BCUT2D eigenvalue weighted by Crippen LogP contribution is -2.49. The Labute approximate surface area is 161 Å². The van der Waals surface area contributed by atoms with E-state index in [0.29, 0.717) is 27.3 Å². The lowest BCUT2D eigenvalue weighted by atomic mass is 10.1. The first-order chi connectivity index (χ1) is 12.0. The Balaban J connectivity index is 1.63. The molecule has 0 bridgehead atoms. The standard InChI is InChI=1S/C17H17Cl3N4O/c18-11-3-1-4-12(7-11)22-17(25)23-13-5-2-6-24(10-13)16-14(19)8-21-9-15(16)20/h1,3-4,7-9,13H,2,5-6,10H2,(H2,22,23,25)/t13-/m1/s1. The third-order valence-corrected chi connectivity index (χ3v) is 4.77. The van der Waals surface area contributed by atoms with Crippen LogP contribution in [-0.2, 0) is 0 Å². The predicted molar refractivity (Wildman–Crippen MR) is 103 cm³/mol. The van der Waals surface area contributed by atoms with Gasteiger partial charge in [-0.05, 0) is 31.0 Å². The number of rotatable bonds is 3. The van der Waals surface area contributed by atoms with Crippen molar-refractivity contribution >= 4 is 52.2 Å². The van der Waals surface area contributed by atoms with E-state index in [1.807, 2.05) is 0 Å². The van der Waals surface area contributed by atoms with E-state index in [-0.39, 0.29) is 12.1 Å². The molecule has 1 aliphatic heterocycles.